The van der Waals surface area contributed by atoms with Crippen molar-refractivity contribution >= 4 is 99.9 Å². The summed E-state index contributed by atoms with van der Waals surface area (Å²) in [6, 6.07) is 0. The van der Waals surface area contributed by atoms with Crippen LogP contribution in [0.5, 0.6) is 0 Å². The summed E-state index contributed by atoms with van der Waals surface area (Å²) in [5, 5.41) is 22.0. The quantitative estimate of drug-likeness (QED) is 0.187. The standard InChI is InChI=1S/C8H17NO.C8H15NO.2C3H8.CH4.5HI.2V/c2*1-7(2)5-6-8(3,4)9(7)10;2*1-3-2;;;;;;;;/h10H,5-6H2,1-4H3;5-6,10H,1-4H3;2*3H2,1-2H3;1H4;5*1H;;/q;;;;;;;;;;+2;+3/p-5. The Labute approximate surface area is 280 Å². The Hall–Kier alpha value is 4.40. The van der Waals surface area contributed by atoms with Gasteiger partial charge in [0.15, 0.2) is 0 Å². The molecule has 0 unspecified atom stereocenters. The van der Waals surface area contributed by atoms with Crippen LogP contribution in [0.15, 0.2) is 12.2 Å². The van der Waals surface area contributed by atoms with Crippen LogP contribution in [0.3, 0.4) is 0 Å². The molecule has 0 radical (unpaired) electrons. The molecule has 2 aliphatic rings. The summed E-state index contributed by atoms with van der Waals surface area (Å²) in [5.74, 6) is 0. The average Bonchev–Trinajstić information content (AvgIpc) is 2.95. The summed E-state index contributed by atoms with van der Waals surface area (Å²) in [6.45, 7) is 24.7. The first kappa shape index (κ1) is 48.1. The first-order chi connectivity index (χ1) is 14.7. The molecule has 0 aliphatic carbocycles. The van der Waals surface area contributed by atoms with E-state index in [4.69, 9.17) is 0 Å². The van der Waals surface area contributed by atoms with E-state index in [1.807, 2.05) is 39.8 Å². The van der Waals surface area contributed by atoms with Crippen molar-refractivity contribution in [2.24, 2.45) is 0 Å². The Balaban J connectivity index is -0.000000109. The summed E-state index contributed by atoms with van der Waals surface area (Å²) in [6.07, 6.45) is 8.70. The molecule has 0 saturated carbocycles. The van der Waals surface area contributed by atoms with Gasteiger partial charge in [-0.3, -0.25) is 0 Å². The summed E-state index contributed by atoms with van der Waals surface area (Å²) < 4.78 is 0. The second-order valence-corrected chi connectivity index (χ2v) is 57.2. The van der Waals surface area contributed by atoms with E-state index in [1.54, 1.807) is 0 Å². The van der Waals surface area contributed by atoms with Gasteiger partial charge in [-0.15, -0.1) is 0 Å². The van der Waals surface area contributed by atoms with Crippen LogP contribution in [0.25, 0.3) is 0 Å². The second kappa shape index (κ2) is 25.1. The first-order valence-electron chi connectivity index (χ1n) is 11.1. The van der Waals surface area contributed by atoms with E-state index in [9.17, 15) is 10.4 Å². The van der Waals surface area contributed by atoms with Gasteiger partial charge >= 0.3 is 114 Å². The van der Waals surface area contributed by atoms with Crippen LogP contribution >= 0.6 is 99.9 Å². The van der Waals surface area contributed by atoms with Crippen LogP contribution in [0.1, 0.15) is 116 Å². The fraction of sp³-hybridized carbons (Fsp3) is 0.913. The molecule has 0 amide bonds. The average molecular weight is 1130 g/mol. The number of hydroxylamine groups is 4. The zero-order chi connectivity index (χ0) is 27.7. The van der Waals surface area contributed by atoms with Gasteiger partial charge in [0.05, 0.1) is 11.1 Å². The van der Waals surface area contributed by atoms with Gasteiger partial charge in [-0.2, -0.15) is 10.1 Å². The van der Waals surface area contributed by atoms with Gasteiger partial charge in [0, 0.05) is 11.1 Å². The van der Waals surface area contributed by atoms with Crippen molar-refractivity contribution in [3.8, 4) is 0 Å². The molecule has 0 aromatic heterocycles. The van der Waals surface area contributed by atoms with Gasteiger partial charge in [0.1, 0.15) is 0 Å². The molecule has 0 aromatic carbocycles. The van der Waals surface area contributed by atoms with Crippen molar-refractivity contribution in [2.45, 2.75) is 138 Å². The molecule has 2 aliphatic heterocycles. The molecule has 0 atom stereocenters. The van der Waals surface area contributed by atoms with Crippen molar-refractivity contribution in [3.63, 3.8) is 0 Å². The Bertz CT molecular complexity index is 454. The third-order valence-corrected chi connectivity index (χ3v) is 4.49. The van der Waals surface area contributed by atoms with E-state index in [0.29, 0.717) is 9.47 Å². The third-order valence-electron chi connectivity index (χ3n) is 4.49. The van der Waals surface area contributed by atoms with Crippen LogP contribution in [-0.2, 0) is 14.4 Å². The van der Waals surface area contributed by atoms with Gasteiger partial charge in [-0.05, 0) is 68.2 Å². The molecule has 2 rings (SSSR count). The summed E-state index contributed by atoms with van der Waals surface area (Å²) in [4.78, 5) is -0.278. The second-order valence-electron chi connectivity index (χ2n) is 10.1. The van der Waals surface area contributed by atoms with Crippen LogP contribution in [0.4, 0.5) is 0 Å². The molecule has 0 spiro atoms. The molecule has 4 nitrogen and oxygen atoms in total. The van der Waals surface area contributed by atoms with E-state index in [2.05, 4.69) is 155 Å². The number of nitrogens with zero attached hydrogens (tertiary/aromatic N) is 2. The monoisotopic (exact) mass is 1120 g/mol. The van der Waals surface area contributed by atoms with E-state index >= 15 is 0 Å². The van der Waals surface area contributed by atoms with Gasteiger partial charge in [0.2, 0.25) is 0 Å². The molecule has 211 valence electrons. The number of halogens is 5. The molecule has 11 heteroatoms. The Morgan fingerprint density at radius 2 is 0.882 bits per heavy atom. The molecule has 2 N–H and O–H groups in total. The van der Waals surface area contributed by atoms with Crippen molar-refractivity contribution in [1.29, 1.82) is 0 Å². The van der Waals surface area contributed by atoms with Crippen LogP contribution in [0.2, 0.25) is 0 Å². The van der Waals surface area contributed by atoms with Crippen molar-refractivity contribution in [3.05, 3.63) is 12.2 Å². The van der Waals surface area contributed by atoms with Crippen molar-refractivity contribution in [1.82, 2.24) is 10.1 Å². The summed E-state index contributed by atoms with van der Waals surface area (Å²) >= 11 is 12.1. The molecule has 1 fully saturated rings. The van der Waals surface area contributed by atoms with Gasteiger partial charge in [0.25, 0.3) is 0 Å². The van der Waals surface area contributed by atoms with Crippen LogP contribution < -0.4 is 0 Å². The van der Waals surface area contributed by atoms with E-state index in [-0.39, 0.29) is 34.5 Å². The van der Waals surface area contributed by atoms with Crippen LogP contribution in [-0.4, -0.2) is 42.7 Å². The number of hydrogen-bond donors (Lipinski definition) is 2. The minimum absolute atomic E-state index is 0. The molecule has 1 saturated heterocycles. The molecule has 34 heavy (non-hydrogen) atoms. The molecule has 0 bridgehead atoms. The topological polar surface area (TPSA) is 46.9 Å². The third kappa shape index (κ3) is 25.4. The van der Waals surface area contributed by atoms with Crippen molar-refractivity contribution < 1.29 is 24.8 Å². The summed E-state index contributed by atoms with van der Waals surface area (Å²) in [5.41, 5.74) is -0.458. The van der Waals surface area contributed by atoms with Crippen molar-refractivity contribution in [2.75, 3.05) is 0 Å². The zero-order valence-electron chi connectivity index (χ0n) is 22.6. The molecule has 2 heterocycles. The Morgan fingerprint density at radius 3 is 0.941 bits per heavy atom. The minimum atomic E-state index is -0.278. The van der Waals surface area contributed by atoms with E-state index < -0.39 is 0 Å². The molecular weight excluding hydrogens is 1070 g/mol. The van der Waals surface area contributed by atoms with Gasteiger partial charge < -0.3 is 10.4 Å². The maximum atomic E-state index is 9.62. The summed E-state index contributed by atoms with van der Waals surface area (Å²) in [7, 11) is 0.628. The number of rotatable bonds is 0. The predicted octanol–water partition coefficient (Wildman–Crippen LogP) is 11.7. The fourth-order valence-corrected chi connectivity index (χ4v) is 2.93. The molecular formula is C23H52I5N2O2V2. The first-order valence-corrected chi connectivity index (χ1v) is 33.6. The van der Waals surface area contributed by atoms with Gasteiger partial charge in [-0.25, -0.2) is 0 Å². The predicted molar refractivity (Wildman–Crippen MR) is 191 cm³/mol. The molecule has 0 aromatic rings. The Morgan fingerprint density at radius 1 is 0.706 bits per heavy atom. The zero-order valence-corrected chi connectivity index (χ0v) is 36.1. The van der Waals surface area contributed by atoms with E-state index in [1.165, 1.54) is 23.0 Å². The fourth-order valence-electron chi connectivity index (χ4n) is 2.93. The van der Waals surface area contributed by atoms with Gasteiger partial charge in [-0.1, -0.05) is 60.1 Å². The Kier molecular flexibility index (Phi) is 35.6. The normalized spacial score (nSPS) is 20.2. The van der Waals surface area contributed by atoms with Crippen LogP contribution in [0, 0.1) is 0 Å². The number of hydrogen-bond acceptors (Lipinski definition) is 4. The maximum absolute atomic E-state index is 9.62. The van der Waals surface area contributed by atoms with E-state index in [0.717, 1.165) is 12.8 Å². The SMILES string of the molecule is C.CC1(C)C=CC(C)(C)N1O.CC1(C)CCC(C)(C)N1O.CCC.CCC.[I][V]([I])[I].[I][V][I].